The summed E-state index contributed by atoms with van der Waals surface area (Å²) in [5.74, 6) is 2.03. The second-order valence-corrected chi connectivity index (χ2v) is 9.98. The molecule has 0 radical (unpaired) electrons. The van der Waals surface area contributed by atoms with Gasteiger partial charge in [0.2, 0.25) is 0 Å². The fraction of sp³-hybridized carbons (Fsp3) is 0.632. The van der Waals surface area contributed by atoms with Crippen LogP contribution in [0.4, 0.5) is 10.5 Å². The number of benzene rings is 1. The van der Waals surface area contributed by atoms with Gasteiger partial charge in [-0.2, -0.15) is 0 Å². The largest absolute Gasteiger partial charge is 0.494 e. The van der Waals surface area contributed by atoms with Crippen molar-refractivity contribution in [3.05, 3.63) is 24.3 Å². The molecular weight excluding hydrogens is 366 g/mol. The van der Waals surface area contributed by atoms with Crippen LogP contribution in [0.1, 0.15) is 6.92 Å². The summed E-state index contributed by atoms with van der Waals surface area (Å²) in [5.41, 5.74) is 1.20. The van der Waals surface area contributed by atoms with Crippen molar-refractivity contribution in [3.8, 4) is 5.75 Å². The second kappa shape index (κ2) is 7.22. The molecule has 4 rings (SSSR count). The predicted octanol–water partition coefficient (Wildman–Crippen LogP) is 1.30. The molecule has 8 heteroatoms. The Labute approximate surface area is 160 Å². The van der Waals surface area contributed by atoms with Gasteiger partial charge in [-0.3, -0.25) is 0 Å². The summed E-state index contributed by atoms with van der Waals surface area (Å²) in [7, 11) is -2.96. The van der Waals surface area contributed by atoms with Crippen LogP contribution < -0.4 is 9.64 Å². The summed E-state index contributed by atoms with van der Waals surface area (Å²) in [6, 6.07) is 8.22. The Balaban J connectivity index is 1.32. The third kappa shape index (κ3) is 3.85. The van der Waals surface area contributed by atoms with E-state index in [0.29, 0.717) is 31.5 Å². The minimum Gasteiger partial charge on any atom is -0.494 e. The highest BCUT2D eigenvalue weighted by atomic mass is 32.2. The average Bonchev–Trinajstić information content (AvgIpc) is 3.21. The average molecular weight is 394 g/mol. The SMILES string of the molecule is CCOc1ccc(N2CC3CN(C(=O)N4CCS(=O)(=O)CC4)CC3C2)cc1. The van der Waals surface area contributed by atoms with Gasteiger partial charge in [0.1, 0.15) is 5.75 Å². The van der Waals surface area contributed by atoms with E-state index >= 15 is 0 Å². The molecule has 0 aliphatic carbocycles. The van der Waals surface area contributed by atoms with Crippen LogP contribution in [0.5, 0.6) is 5.75 Å². The van der Waals surface area contributed by atoms with Gasteiger partial charge < -0.3 is 19.4 Å². The van der Waals surface area contributed by atoms with E-state index in [1.165, 1.54) is 5.69 Å². The Morgan fingerprint density at radius 1 is 1.00 bits per heavy atom. The first-order chi connectivity index (χ1) is 12.9. The topological polar surface area (TPSA) is 70.2 Å². The van der Waals surface area contributed by atoms with Crippen molar-refractivity contribution in [1.29, 1.82) is 0 Å². The number of fused-ring (bicyclic) bond motifs is 1. The molecule has 3 aliphatic rings. The Bertz CT molecular complexity index is 768. The number of amides is 2. The lowest BCUT2D eigenvalue weighted by Crippen LogP contribution is -2.49. The van der Waals surface area contributed by atoms with E-state index in [-0.39, 0.29) is 17.5 Å². The zero-order chi connectivity index (χ0) is 19.0. The van der Waals surface area contributed by atoms with Crippen LogP contribution >= 0.6 is 0 Å². The molecule has 7 nitrogen and oxygen atoms in total. The first kappa shape index (κ1) is 18.4. The Hall–Kier alpha value is -1.96. The van der Waals surface area contributed by atoms with Crippen LogP contribution in [-0.4, -0.2) is 81.6 Å². The van der Waals surface area contributed by atoms with Crippen molar-refractivity contribution in [1.82, 2.24) is 9.80 Å². The fourth-order valence-corrected chi connectivity index (χ4v) is 5.58. The molecule has 0 spiro atoms. The van der Waals surface area contributed by atoms with Gasteiger partial charge >= 0.3 is 6.03 Å². The van der Waals surface area contributed by atoms with E-state index < -0.39 is 9.84 Å². The van der Waals surface area contributed by atoms with E-state index in [9.17, 15) is 13.2 Å². The standard InChI is InChI=1S/C19H27N3O4S/c1-2-26-18-5-3-17(4-6-18)21-11-15-13-22(14-16(15)12-21)19(23)20-7-9-27(24,25)10-8-20/h3-6,15-16H,2,7-14H2,1H3. The summed E-state index contributed by atoms with van der Waals surface area (Å²) in [6.45, 7) is 6.73. The van der Waals surface area contributed by atoms with Gasteiger partial charge in [0, 0.05) is 56.8 Å². The van der Waals surface area contributed by atoms with Gasteiger partial charge in [0.15, 0.2) is 9.84 Å². The molecule has 2 atom stereocenters. The number of hydrogen-bond acceptors (Lipinski definition) is 5. The maximum Gasteiger partial charge on any atom is 0.320 e. The van der Waals surface area contributed by atoms with Gasteiger partial charge in [-0.05, 0) is 31.2 Å². The molecule has 2 amide bonds. The Morgan fingerprint density at radius 3 is 2.15 bits per heavy atom. The van der Waals surface area contributed by atoms with E-state index in [4.69, 9.17) is 4.74 Å². The minimum absolute atomic E-state index is 0.00640. The molecule has 0 bridgehead atoms. The monoisotopic (exact) mass is 393 g/mol. The third-order valence-corrected chi connectivity index (χ3v) is 7.49. The number of sulfone groups is 1. The van der Waals surface area contributed by atoms with Crippen LogP contribution in [-0.2, 0) is 9.84 Å². The number of nitrogens with zero attached hydrogens (tertiary/aromatic N) is 3. The highest BCUT2D eigenvalue weighted by molar-refractivity contribution is 7.91. The summed E-state index contributed by atoms with van der Waals surface area (Å²) in [6.07, 6.45) is 0. The van der Waals surface area contributed by atoms with Crippen molar-refractivity contribution in [2.75, 3.05) is 62.3 Å². The van der Waals surface area contributed by atoms with E-state index in [2.05, 4.69) is 17.0 Å². The summed E-state index contributed by atoms with van der Waals surface area (Å²) in [4.78, 5) is 18.7. The molecular formula is C19H27N3O4S. The second-order valence-electron chi connectivity index (χ2n) is 7.68. The molecule has 1 aromatic rings. The third-order valence-electron chi connectivity index (χ3n) is 5.88. The van der Waals surface area contributed by atoms with Crippen molar-refractivity contribution in [2.45, 2.75) is 6.92 Å². The predicted molar refractivity (Wildman–Crippen MR) is 104 cm³/mol. The minimum atomic E-state index is -2.96. The maximum atomic E-state index is 12.7. The number of ether oxygens (including phenoxy) is 1. The van der Waals surface area contributed by atoms with Crippen molar-refractivity contribution in [2.24, 2.45) is 11.8 Å². The molecule has 3 heterocycles. The maximum absolute atomic E-state index is 12.7. The lowest BCUT2D eigenvalue weighted by molar-refractivity contribution is 0.163. The highest BCUT2D eigenvalue weighted by Crippen LogP contribution is 2.35. The summed E-state index contributed by atoms with van der Waals surface area (Å²) in [5, 5.41) is 0. The zero-order valence-electron chi connectivity index (χ0n) is 15.7. The quantitative estimate of drug-likeness (QED) is 0.774. The number of carbonyl (C=O) groups is 1. The molecule has 1 aromatic carbocycles. The van der Waals surface area contributed by atoms with E-state index in [1.54, 1.807) is 4.90 Å². The Morgan fingerprint density at radius 2 is 1.59 bits per heavy atom. The molecule has 3 aliphatic heterocycles. The first-order valence-electron chi connectivity index (χ1n) is 9.67. The molecule has 3 fully saturated rings. The van der Waals surface area contributed by atoms with Gasteiger partial charge in [0.25, 0.3) is 0 Å². The van der Waals surface area contributed by atoms with Gasteiger partial charge in [0.05, 0.1) is 18.1 Å². The summed E-state index contributed by atoms with van der Waals surface area (Å²) >= 11 is 0. The van der Waals surface area contributed by atoms with Gasteiger partial charge in [-0.15, -0.1) is 0 Å². The first-order valence-corrected chi connectivity index (χ1v) is 11.5. The van der Waals surface area contributed by atoms with Crippen LogP contribution in [0.2, 0.25) is 0 Å². The Kier molecular flexibility index (Phi) is 4.92. The lowest BCUT2D eigenvalue weighted by Gasteiger charge is -2.31. The molecule has 0 N–H and O–H groups in total. The van der Waals surface area contributed by atoms with E-state index in [0.717, 1.165) is 31.9 Å². The van der Waals surface area contributed by atoms with Crippen LogP contribution in [0.3, 0.4) is 0 Å². The van der Waals surface area contributed by atoms with Crippen molar-refractivity contribution in [3.63, 3.8) is 0 Å². The zero-order valence-corrected chi connectivity index (χ0v) is 16.5. The molecule has 0 aromatic heterocycles. The fourth-order valence-electron chi connectivity index (χ4n) is 4.38. The van der Waals surface area contributed by atoms with Gasteiger partial charge in [-0.25, -0.2) is 13.2 Å². The number of rotatable bonds is 3. The summed E-state index contributed by atoms with van der Waals surface area (Å²) < 4.78 is 28.6. The van der Waals surface area contributed by atoms with Crippen LogP contribution in [0.15, 0.2) is 24.3 Å². The number of hydrogen-bond donors (Lipinski definition) is 0. The van der Waals surface area contributed by atoms with Crippen LogP contribution in [0, 0.1) is 11.8 Å². The normalized spacial score (nSPS) is 26.9. The number of carbonyl (C=O) groups excluding carboxylic acids is 1. The molecule has 3 saturated heterocycles. The molecule has 27 heavy (non-hydrogen) atoms. The smallest absolute Gasteiger partial charge is 0.320 e. The van der Waals surface area contributed by atoms with Crippen molar-refractivity contribution < 1.29 is 17.9 Å². The number of anilines is 1. The lowest BCUT2D eigenvalue weighted by atomic mass is 10.0. The molecule has 2 unspecified atom stereocenters. The molecule has 0 saturated carbocycles. The van der Waals surface area contributed by atoms with Gasteiger partial charge in [-0.1, -0.05) is 0 Å². The van der Waals surface area contributed by atoms with Crippen LogP contribution in [0.25, 0.3) is 0 Å². The van der Waals surface area contributed by atoms with E-state index in [1.807, 2.05) is 24.0 Å². The molecule has 148 valence electrons. The highest BCUT2D eigenvalue weighted by Gasteiger charge is 2.43. The van der Waals surface area contributed by atoms with Crippen molar-refractivity contribution >= 4 is 21.6 Å². The number of urea groups is 1. The number of likely N-dealkylation sites (tertiary alicyclic amines) is 1.